The first kappa shape index (κ1) is 15.5. The predicted molar refractivity (Wildman–Crippen MR) is 82.3 cm³/mol. The van der Waals surface area contributed by atoms with E-state index in [9.17, 15) is 4.39 Å². The van der Waals surface area contributed by atoms with Crippen LogP contribution in [0.5, 0.6) is 0 Å². The molecule has 1 aromatic rings. The van der Waals surface area contributed by atoms with Crippen LogP contribution in [0, 0.1) is 11.7 Å². The second kappa shape index (κ2) is 7.19. The molecule has 0 aromatic heterocycles. The number of halogens is 1. The third kappa shape index (κ3) is 3.80. The van der Waals surface area contributed by atoms with Crippen molar-refractivity contribution in [3.05, 3.63) is 35.6 Å². The van der Waals surface area contributed by atoms with Crippen LogP contribution in [0.1, 0.15) is 44.7 Å². The number of hydrogen-bond acceptors (Lipinski definition) is 2. The molecule has 20 heavy (non-hydrogen) atoms. The molecule has 3 heteroatoms. The van der Waals surface area contributed by atoms with Gasteiger partial charge in [0.05, 0.1) is 0 Å². The number of hydrogen-bond donors (Lipinski definition) is 1. The van der Waals surface area contributed by atoms with Crippen molar-refractivity contribution in [2.45, 2.75) is 45.2 Å². The largest absolute Gasteiger partial charge is 0.313 e. The summed E-state index contributed by atoms with van der Waals surface area (Å²) in [5.41, 5.74) is 1.05. The summed E-state index contributed by atoms with van der Waals surface area (Å²) >= 11 is 0. The lowest BCUT2D eigenvalue weighted by Gasteiger charge is -2.29. The molecule has 2 rings (SSSR count). The number of benzene rings is 1. The number of nitrogens with one attached hydrogen (secondary N) is 1. The summed E-state index contributed by atoms with van der Waals surface area (Å²) in [6.07, 6.45) is 3.66. The molecule has 0 amide bonds. The fourth-order valence-corrected chi connectivity index (χ4v) is 3.38. The van der Waals surface area contributed by atoms with E-state index in [0.717, 1.165) is 30.5 Å². The van der Waals surface area contributed by atoms with Crippen LogP contribution in [0.2, 0.25) is 0 Å². The minimum atomic E-state index is -0.149. The van der Waals surface area contributed by atoms with E-state index >= 15 is 0 Å². The first-order valence-electron chi connectivity index (χ1n) is 7.78. The van der Waals surface area contributed by atoms with Gasteiger partial charge >= 0.3 is 0 Å². The predicted octanol–water partition coefficient (Wildman–Crippen LogP) is 3.60. The van der Waals surface area contributed by atoms with Gasteiger partial charge in [-0.15, -0.1) is 0 Å². The smallest absolute Gasteiger partial charge is 0.123 e. The normalized spacial score (nSPS) is 21.6. The van der Waals surface area contributed by atoms with Crippen molar-refractivity contribution >= 4 is 0 Å². The van der Waals surface area contributed by atoms with Gasteiger partial charge in [0.25, 0.3) is 0 Å². The van der Waals surface area contributed by atoms with Crippen molar-refractivity contribution in [3.63, 3.8) is 0 Å². The van der Waals surface area contributed by atoms with Gasteiger partial charge in [-0.2, -0.15) is 0 Å². The third-order valence-corrected chi connectivity index (χ3v) is 4.49. The first-order chi connectivity index (χ1) is 9.61. The molecule has 0 bridgehead atoms. The van der Waals surface area contributed by atoms with E-state index in [1.807, 2.05) is 13.1 Å². The Morgan fingerprint density at radius 1 is 1.40 bits per heavy atom. The van der Waals surface area contributed by atoms with Gasteiger partial charge in [-0.05, 0) is 56.5 Å². The van der Waals surface area contributed by atoms with Crippen LogP contribution >= 0.6 is 0 Å². The summed E-state index contributed by atoms with van der Waals surface area (Å²) in [4.78, 5) is 2.61. The summed E-state index contributed by atoms with van der Waals surface area (Å²) in [5.74, 6) is 0.573. The minimum absolute atomic E-state index is 0.149. The highest BCUT2D eigenvalue weighted by atomic mass is 19.1. The SMILES string of the molecule is CNC(CCN1CCCC1C(C)C)c1cccc(F)c1. The van der Waals surface area contributed by atoms with Crippen molar-refractivity contribution in [1.82, 2.24) is 10.2 Å². The molecule has 2 atom stereocenters. The van der Waals surface area contributed by atoms with Crippen LogP contribution in [0.25, 0.3) is 0 Å². The van der Waals surface area contributed by atoms with E-state index in [4.69, 9.17) is 0 Å². The molecule has 2 unspecified atom stereocenters. The summed E-state index contributed by atoms with van der Waals surface area (Å²) in [7, 11) is 1.96. The Kier molecular flexibility index (Phi) is 5.55. The molecule has 0 spiro atoms. The summed E-state index contributed by atoms with van der Waals surface area (Å²) in [5, 5.41) is 3.32. The molecule has 2 nitrogen and oxygen atoms in total. The van der Waals surface area contributed by atoms with Crippen molar-refractivity contribution in [3.8, 4) is 0 Å². The van der Waals surface area contributed by atoms with E-state index in [-0.39, 0.29) is 11.9 Å². The molecule has 1 N–H and O–H groups in total. The Morgan fingerprint density at radius 3 is 2.85 bits per heavy atom. The van der Waals surface area contributed by atoms with E-state index in [1.54, 1.807) is 12.1 Å². The molecular weight excluding hydrogens is 251 g/mol. The Labute approximate surface area is 122 Å². The fraction of sp³-hybridized carbons (Fsp3) is 0.647. The van der Waals surface area contributed by atoms with E-state index < -0.39 is 0 Å². The van der Waals surface area contributed by atoms with Crippen LogP contribution in [-0.4, -0.2) is 31.1 Å². The highest BCUT2D eigenvalue weighted by molar-refractivity contribution is 5.20. The molecule has 1 fully saturated rings. The molecule has 112 valence electrons. The zero-order chi connectivity index (χ0) is 14.5. The lowest BCUT2D eigenvalue weighted by atomic mass is 10.0. The van der Waals surface area contributed by atoms with Crippen LogP contribution < -0.4 is 5.32 Å². The molecule has 0 radical (unpaired) electrons. The van der Waals surface area contributed by atoms with Gasteiger partial charge in [-0.25, -0.2) is 4.39 Å². The van der Waals surface area contributed by atoms with Crippen LogP contribution in [0.15, 0.2) is 24.3 Å². The van der Waals surface area contributed by atoms with Gasteiger partial charge in [0.15, 0.2) is 0 Å². The van der Waals surface area contributed by atoms with E-state index in [1.165, 1.54) is 25.5 Å². The molecule has 0 aliphatic carbocycles. The second-order valence-electron chi connectivity index (χ2n) is 6.17. The average Bonchev–Trinajstić information content (AvgIpc) is 2.88. The monoisotopic (exact) mass is 278 g/mol. The lowest BCUT2D eigenvalue weighted by molar-refractivity contribution is 0.197. The van der Waals surface area contributed by atoms with E-state index in [0.29, 0.717) is 0 Å². The molecular formula is C17H27FN2. The highest BCUT2D eigenvalue weighted by Gasteiger charge is 2.27. The number of nitrogens with zero attached hydrogens (tertiary/aromatic N) is 1. The minimum Gasteiger partial charge on any atom is -0.313 e. The maximum atomic E-state index is 13.3. The summed E-state index contributed by atoms with van der Waals surface area (Å²) in [6, 6.07) is 7.91. The van der Waals surface area contributed by atoms with Gasteiger partial charge in [-0.3, -0.25) is 0 Å². The molecule has 1 aliphatic heterocycles. The third-order valence-electron chi connectivity index (χ3n) is 4.49. The molecule has 1 saturated heterocycles. The zero-order valence-corrected chi connectivity index (χ0v) is 12.9. The average molecular weight is 278 g/mol. The fourth-order valence-electron chi connectivity index (χ4n) is 3.38. The maximum Gasteiger partial charge on any atom is 0.123 e. The van der Waals surface area contributed by atoms with Crippen LogP contribution in [0.4, 0.5) is 4.39 Å². The highest BCUT2D eigenvalue weighted by Crippen LogP contribution is 2.26. The topological polar surface area (TPSA) is 15.3 Å². The van der Waals surface area contributed by atoms with E-state index in [2.05, 4.69) is 24.1 Å². The van der Waals surface area contributed by atoms with Crippen molar-refractivity contribution in [1.29, 1.82) is 0 Å². The van der Waals surface area contributed by atoms with Gasteiger partial charge in [0.2, 0.25) is 0 Å². The summed E-state index contributed by atoms with van der Waals surface area (Å²) < 4.78 is 13.3. The van der Waals surface area contributed by atoms with Gasteiger partial charge in [0, 0.05) is 18.6 Å². The van der Waals surface area contributed by atoms with Crippen LogP contribution in [-0.2, 0) is 0 Å². The number of likely N-dealkylation sites (tertiary alicyclic amines) is 1. The summed E-state index contributed by atoms with van der Waals surface area (Å²) in [6.45, 7) is 6.92. The first-order valence-corrected chi connectivity index (χ1v) is 7.78. The molecule has 1 aromatic carbocycles. The van der Waals surface area contributed by atoms with Crippen molar-refractivity contribution in [2.24, 2.45) is 5.92 Å². The quantitative estimate of drug-likeness (QED) is 0.855. The molecule has 1 heterocycles. The second-order valence-corrected chi connectivity index (χ2v) is 6.17. The number of rotatable bonds is 6. The molecule has 1 aliphatic rings. The Hall–Kier alpha value is -0.930. The van der Waals surface area contributed by atoms with Gasteiger partial charge < -0.3 is 10.2 Å². The van der Waals surface area contributed by atoms with Gasteiger partial charge in [-0.1, -0.05) is 26.0 Å². The lowest BCUT2D eigenvalue weighted by Crippen LogP contribution is -2.35. The van der Waals surface area contributed by atoms with Gasteiger partial charge in [0.1, 0.15) is 5.82 Å². The Morgan fingerprint density at radius 2 is 2.20 bits per heavy atom. The molecule has 0 saturated carbocycles. The Bertz CT molecular complexity index is 419. The van der Waals surface area contributed by atoms with Crippen molar-refractivity contribution in [2.75, 3.05) is 20.1 Å². The standard InChI is InChI=1S/C17H27FN2/c1-13(2)17-8-5-10-20(17)11-9-16(19-3)14-6-4-7-15(18)12-14/h4,6-7,12-13,16-17,19H,5,8-11H2,1-3H3. The van der Waals surface area contributed by atoms with Crippen molar-refractivity contribution < 1.29 is 4.39 Å². The maximum absolute atomic E-state index is 13.3. The Balaban J connectivity index is 1.94. The zero-order valence-electron chi connectivity index (χ0n) is 12.9. The van der Waals surface area contributed by atoms with Crippen LogP contribution in [0.3, 0.4) is 0 Å².